The molecule has 0 N–H and O–H groups in total. The second-order valence-corrected chi connectivity index (χ2v) is 3.16. The summed E-state index contributed by atoms with van der Waals surface area (Å²) in [6.45, 7) is 0. The van der Waals surface area contributed by atoms with Gasteiger partial charge < -0.3 is 4.42 Å². The van der Waals surface area contributed by atoms with Gasteiger partial charge in [-0.1, -0.05) is 0 Å². The fourth-order valence-corrected chi connectivity index (χ4v) is 1.27. The molecule has 0 bridgehead atoms. The molecule has 0 atom stereocenters. The first kappa shape index (κ1) is 9.86. The van der Waals surface area contributed by atoms with Gasteiger partial charge in [0.2, 0.25) is 5.78 Å². The SMILES string of the molecule is O=C(c1ccc(Cl)o1)c1ccncc1F. The zero-order valence-electron chi connectivity index (χ0n) is 7.41. The molecule has 3 nitrogen and oxygen atoms in total. The van der Waals surface area contributed by atoms with Gasteiger partial charge in [0.15, 0.2) is 16.8 Å². The Morgan fingerprint density at radius 1 is 1.40 bits per heavy atom. The molecule has 0 radical (unpaired) electrons. The van der Waals surface area contributed by atoms with Crippen LogP contribution in [0, 0.1) is 5.82 Å². The number of furan rings is 1. The quantitative estimate of drug-likeness (QED) is 0.738. The van der Waals surface area contributed by atoms with Gasteiger partial charge in [-0.3, -0.25) is 9.78 Å². The zero-order chi connectivity index (χ0) is 10.8. The van der Waals surface area contributed by atoms with Crippen LogP contribution >= 0.6 is 11.6 Å². The number of ketones is 1. The molecule has 0 saturated carbocycles. The number of nitrogens with zero attached hydrogens (tertiary/aromatic N) is 1. The molecule has 0 saturated heterocycles. The summed E-state index contributed by atoms with van der Waals surface area (Å²) in [5.74, 6) is -1.23. The third-order valence-electron chi connectivity index (χ3n) is 1.81. The van der Waals surface area contributed by atoms with Crippen molar-refractivity contribution in [2.24, 2.45) is 0 Å². The number of halogens is 2. The molecule has 2 rings (SSSR count). The van der Waals surface area contributed by atoms with Gasteiger partial charge in [0, 0.05) is 6.20 Å². The zero-order valence-corrected chi connectivity index (χ0v) is 8.16. The Morgan fingerprint density at radius 3 is 2.80 bits per heavy atom. The summed E-state index contributed by atoms with van der Waals surface area (Å²) >= 11 is 5.51. The topological polar surface area (TPSA) is 43.1 Å². The number of pyridine rings is 1. The number of hydrogen-bond donors (Lipinski definition) is 0. The molecule has 0 fully saturated rings. The number of hydrogen-bond acceptors (Lipinski definition) is 3. The lowest BCUT2D eigenvalue weighted by atomic mass is 10.1. The molecule has 76 valence electrons. The third kappa shape index (κ3) is 1.89. The lowest BCUT2D eigenvalue weighted by Gasteiger charge is -1.97. The summed E-state index contributed by atoms with van der Waals surface area (Å²) in [5.41, 5.74) is -0.0870. The Kier molecular flexibility index (Phi) is 2.51. The van der Waals surface area contributed by atoms with Crippen LogP contribution in [-0.2, 0) is 0 Å². The van der Waals surface area contributed by atoms with E-state index in [0.29, 0.717) is 0 Å². The highest BCUT2D eigenvalue weighted by Crippen LogP contribution is 2.17. The number of carbonyl (C=O) groups excluding carboxylic acids is 1. The van der Waals surface area contributed by atoms with Crippen LogP contribution in [-0.4, -0.2) is 10.8 Å². The molecule has 0 aromatic carbocycles. The van der Waals surface area contributed by atoms with E-state index in [1.54, 1.807) is 0 Å². The first-order valence-corrected chi connectivity index (χ1v) is 4.46. The van der Waals surface area contributed by atoms with Crippen molar-refractivity contribution in [1.29, 1.82) is 0 Å². The monoisotopic (exact) mass is 225 g/mol. The van der Waals surface area contributed by atoms with Crippen LogP contribution in [0.25, 0.3) is 0 Å². The van der Waals surface area contributed by atoms with Gasteiger partial charge in [0.05, 0.1) is 11.8 Å². The molecule has 5 heteroatoms. The first-order chi connectivity index (χ1) is 7.18. The predicted octanol–water partition coefficient (Wildman–Crippen LogP) is 2.70. The first-order valence-electron chi connectivity index (χ1n) is 4.08. The highest BCUT2D eigenvalue weighted by atomic mass is 35.5. The van der Waals surface area contributed by atoms with Crippen LogP contribution < -0.4 is 0 Å². The van der Waals surface area contributed by atoms with E-state index in [9.17, 15) is 9.18 Å². The van der Waals surface area contributed by atoms with E-state index in [4.69, 9.17) is 16.0 Å². The van der Waals surface area contributed by atoms with Gasteiger partial charge in [-0.2, -0.15) is 0 Å². The molecule has 2 heterocycles. The normalized spacial score (nSPS) is 10.3. The molecule has 2 aromatic rings. The number of carbonyl (C=O) groups is 1. The summed E-state index contributed by atoms with van der Waals surface area (Å²) < 4.78 is 18.1. The van der Waals surface area contributed by atoms with Crippen LogP contribution in [0.4, 0.5) is 4.39 Å². The number of aromatic nitrogens is 1. The van der Waals surface area contributed by atoms with Crippen molar-refractivity contribution in [1.82, 2.24) is 4.98 Å². The Morgan fingerprint density at radius 2 is 2.20 bits per heavy atom. The summed E-state index contributed by atoms with van der Waals surface area (Å²) in [7, 11) is 0. The van der Waals surface area contributed by atoms with E-state index >= 15 is 0 Å². The van der Waals surface area contributed by atoms with Crippen LogP contribution in [0.2, 0.25) is 5.22 Å². The maximum Gasteiger partial charge on any atom is 0.231 e. The Labute approximate surface area is 89.5 Å². The van der Waals surface area contributed by atoms with Crippen molar-refractivity contribution >= 4 is 17.4 Å². The van der Waals surface area contributed by atoms with Crippen molar-refractivity contribution in [3.8, 4) is 0 Å². The molecular formula is C10H5ClFNO2. The van der Waals surface area contributed by atoms with E-state index in [2.05, 4.69) is 4.98 Å². The number of rotatable bonds is 2. The van der Waals surface area contributed by atoms with E-state index < -0.39 is 11.6 Å². The van der Waals surface area contributed by atoms with E-state index in [0.717, 1.165) is 6.20 Å². The minimum atomic E-state index is -0.685. The Bertz CT molecular complexity index is 510. The van der Waals surface area contributed by atoms with E-state index in [1.165, 1.54) is 24.4 Å². The molecular weight excluding hydrogens is 221 g/mol. The highest BCUT2D eigenvalue weighted by molar-refractivity contribution is 6.29. The van der Waals surface area contributed by atoms with Gasteiger partial charge in [-0.25, -0.2) is 4.39 Å². The maximum absolute atomic E-state index is 13.2. The summed E-state index contributed by atoms with van der Waals surface area (Å²) in [6, 6.07) is 4.10. The molecule has 0 spiro atoms. The van der Waals surface area contributed by atoms with Crippen LogP contribution in [0.15, 0.2) is 35.0 Å². The fourth-order valence-electron chi connectivity index (χ4n) is 1.13. The lowest BCUT2D eigenvalue weighted by Crippen LogP contribution is -2.03. The Balaban J connectivity index is 2.41. The molecule has 2 aromatic heterocycles. The second-order valence-electron chi connectivity index (χ2n) is 2.79. The minimum Gasteiger partial charge on any atom is -0.441 e. The molecule has 15 heavy (non-hydrogen) atoms. The standard InChI is InChI=1S/C10H5ClFNO2/c11-9-2-1-8(15-9)10(14)6-3-4-13-5-7(6)12/h1-5H. The largest absolute Gasteiger partial charge is 0.441 e. The van der Waals surface area contributed by atoms with Gasteiger partial charge in [0.25, 0.3) is 0 Å². The van der Waals surface area contributed by atoms with Crippen molar-refractivity contribution < 1.29 is 13.6 Å². The van der Waals surface area contributed by atoms with Crippen molar-refractivity contribution in [3.05, 3.63) is 53.0 Å². The summed E-state index contributed by atoms with van der Waals surface area (Å²) in [4.78, 5) is 15.2. The van der Waals surface area contributed by atoms with Crippen LogP contribution in [0.5, 0.6) is 0 Å². The second kappa shape index (κ2) is 3.82. The molecule has 0 unspecified atom stereocenters. The predicted molar refractivity (Wildman–Crippen MR) is 51.3 cm³/mol. The van der Waals surface area contributed by atoms with E-state index in [1.807, 2.05) is 0 Å². The van der Waals surface area contributed by atoms with E-state index in [-0.39, 0.29) is 16.5 Å². The average molecular weight is 226 g/mol. The van der Waals surface area contributed by atoms with Crippen LogP contribution in [0.3, 0.4) is 0 Å². The molecule has 0 aliphatic heterocycles. The van der Waals surface area contributed by atoms with Crippen molar-refractivity contribution in [3.63, 3.8) is 0 Å². The van der Waals surface area contributed by atoms with Gasteiger partial charge in [-0.05, 0) is 29.8 Å². The maximum atomic E-state index is 13.2. The molecule has 0 aliphatic carbocycles. The van der Waals surface area contributed by atoms with Crippen molar-refractivity contribution in [2.45, 2.75) is 0 Å². The average Bonchev–Trinajstić information content (AvgIpc) is 2.65. The summed E-state index contributed by atoms with van der Waals surface area (Å²) in [6.07, 6.45) is 2.30. The third-order valence-corrected chi connectivity index (χ3v) is 2.02. The summed E-state index contributed by atoms with van der Waals surface area (Å²) in [5, 5.41) is 0.0906. The minimum absolute atomic E-state index is 0.00472. The van der Waals surface area contributed by atoms with Gasteiger partial charge in [0.1, 0.15) is 0 Å². The van der Waals surface area contributed by atoms with Crippen LogP contribution in [0.1, 0.15) is 16.1 Å². The van der Waals surface area contributed by atoms with Gasteiger partial charge in [-0.15, -0.1) is 0 Å². The lowest BCUT2D eigenvalue weighted by molar-refractivity contribution is 0.100. The smallest absolute Gasteiger partial charge is 0.231 e. The highest BCUT2D eigenvalue weighted by Gasteiger charge is 2.16. The van der Waals surface area contributed by atoms with Crippen molar-refractivity contribution in [2.75, 3.05) is 0 Å². The molecule has 0 aliphatic rings. The fraction of sp³-hybridized carbons (Fsp3) is 0. The molecule has 0 amide bonds. The Hall–Kier alpha value is -1.68. The van der Waals surface area contributed by atoms with Gasteiger partial charge >= 0.3 is 0 Å².